The molecular weight excluding hydrogens is 246 g/mol. The molecule has 0 saturated heterocycles. The number of pyridine rings is 1. The van der Waals surface area contributed by atoms with E-state index in [1.54, 1.807) is 24.3 Å². The van der Waals surface area contributed by atoms with Crippen molar-refractivity contribution in [1.82, 2.24) is 4.98 Å². The summed E-state index contributed by atoms with van der Waals surface area (Å²) in [5.41, 5.74) is 0.862. The number of hydrogen-bond acceptors (Lipinski definition) is 4. The van der Waals surface area contributed by atoms with Crippen molar-refractivity contribution in [2.45, 2.75) is 6.42 Å². The van der Waals surface area contributed by atoms with Crippen LogP contribution in [0.25, 0.3) is 0 Å². The van der Waals surface area contributed by atoms with Crippen LogP contribution in [0.2, 0.25) is 0 Å². The summed E-state index contributed by atoms with van der Waals surface area (Å²) in [6.07, 6.45) is 1.98. The van der Waals surface area contributed by atoms with Crippen LogP contribution in [-0.2, 0) is 6.42 Å². The zero-order chi connectivity index (χ0) is 13.7. The molecule has 5 nitrogen and oxygen atoms in total. The van der Waals surface area contributed by atoms with Crippen molar-refractivity contribution in [1.29, 1.82) is 0 Å². The van der Waals surface area contributed by atoms with Crippen LogP contribution in [0, 0.1) is 0 Å². The minimum absolute atomic E-state index is 0.0893. The van der Waals surface area contributed by atoms with Gasteiger partial charge in [0.15, 0.2) is 11.4 Å². The summed E-state index contributed by atoms with van der Waals surface area (Å²) in [5, 5.41) is 17.8. The molecule has 0 bridgehead atoms. The zero-order valence-corrected chi connectivity index (χ0v) is 10.1. The quantitative estimate of drug-likeness (QED) is 0.859. The number of aromatic nitrogens is 1. The molecule has 0 aliphatic heterocycles. The summed E-state index contributed by atoms with van der Waals surface area (Å²) in [6.45, 7) is 0.0893. The van der Waals surface area contributed by atoms with Crippen LogP contribution in [0.5, 0.6) is 11.5 Å². The van der Waals surface area contributed by atoms with Gasteiger partial charge in [-0.05, 0) is 36.2 Å². The Hall–Kier alpha value is -2.40. The molecule has 2 N–H and O–H groups in total. The van der Waals surface area contributed by atoms with Gasteiger partial charge in [-0.15, -0.1) is 0 Å². The Balaban J connectivity index is 2.19. The van der Waals surface area contributed by atoms with Crippen molar-refractivity contribution in [2.24, 2.45) is 0 Å². The molecule has 0 amide bonds. The first-order valence-electron chi connectivity index (χ1n) is 5.76. The fourth-order valence-electron chi connectivity index (χ4n) is 1.61. The summed E-state index contributed by atoms with van der Waals surface area (Å²) < 4.78 is 5.50. The van der Waals surface area contributed by atoms with Crippen LogP contribution in [0.1, 0.15) is 16.1 Å². The van der Waals surface area contributed by atoms with Gasteiger partial charge in [0.25, 0.3) is 0 Å². The van der Waals surface area contributed by atoms with Gasteiger partial charge >= 0.3 is 5.97 Å². The summed E-state index contributed by atoms with van der Waals surface area (Å²) >= 11 is 0. The van der Waals surface area contributed by atoms with E-state index in [1.165, 1.54) is 6.20 Å². The predicted octanol–water partition coefficient (Wildman–Crippen LogP) is 2.11. The van der Waals surface area contributed by atoms with E-state index in [1.807, 2.05) is 12.1 Å². The van der Waals surface area contributed by atoms with Gasteiger partial charge in [0, 0.05) is 12.8 Å². The Morgan fingerprint density at radius 2 is 1.95 bits per heavy atom. The van der Waals surface area contributed by atoms with E-state index < -0.39 is 5.97 Å². The molecule has 0 fully saturated rings. The number of hydrogen-bond donors (Lipinski definition) is 2. The van der Waals surface area contributed by atoms with E-state index in [-0.39, 0.29) is 18.1 Å². The van der Waals surface area contributed by atoms with Crippen LogP contribution in [0.15, 0.2) is 42.6 Å². The van der Waals surface area contributed by atoms with Gasteiger partial charge in [-0.1, -0.05) is 12.1 Å². The molecule has 0 aliphatic carbocycles. The lowest BCUT2D eigenvalue weighted by Crippen LogP contribution is -2.02. The second-order valence-corrected chi connectivity index (χ2v) is 3.87. The number of rotatable bonds is 5. The van der Waals surface area contributed by atoms with Crippen molar-refractivity contribution in [2.75, 3.05) is 6.61 Å². The molecular formula is C14H13NO4. The molecule has 19 heavy (non-hydrogen) atoms. The molecule has 2 aromatic rings. The molecule has 1 heterocycles. The highest BCUT2D eigenvalue weighted by Crippen LogP contribution is 2.24. The molecule has 2 rings (SSSR count). The SMILES string of the molecule is O=C(O)c1ncccc1Oc1ccc(CCO)cc1. The Kier molecular flexibility index (Phi) is 4.10. The number of carboxylic acids is 1. The van der Waals surface area contributed by atoms with E-state index in [0.717, 1.165) is 5.56 Å². The number of nitrogens with zero attached hydrogens (tertiary/aromatic N) is 1. The Morgan fingerprint density at radius 3 is 2.58 bits per heavy atom. The smallest absolute Gasteiger partial charge is 0.358 e. The first-order valence-corrected chi connectivity index (χ1v) is 5.76. The average Bonchev–Trinajstić information content (AvgIpc) is 2.42. The molecule has 5 heteroatoms. The van der Waals surface area contributed by atoms with Gasteiger partial charge in [-0.3, -0.25) is 0 Å². The first kappa shape index (κ1) is 13.0. The lowest BCUT2D eigenvalue weighted by Gasteiger charge is -2.08. The van der Waals surface area contributed by atoms with Crippen LogP contribution >= 0.6 is 0 Å². The molecule has 0 spiro atoms. The largest absolute Gasteiger partial charge is 0.476 e. The third-order valence-electron chi connectivity index (χ3n) is 2.52. The molecule has 0 aliphatic rings. The molecule has 0 atom stereocenters. The number of aliphatic hydroxyl groups excluding tert-OH is 1. The number of carboxylic acid groups (broad SMARTS) is 1. The molecule has 0 unspecified atom stereocenters. The topological polar surface area (TPSA) is 79.7 Å². The second kappa shape index (κ2) is 5.97. The average molecular weight is 259 g/mol. The third-order valence-corrected chi connectivity index (χ3v) is 2.52. The van der Waals surface area contributed by atoms with E-state index in [9.17, 15) is 4.79 Å². The molecule has 1 aromatic heterocycles. The fraction of sp³-hybridized carbons (Fsp3) is 0.143. The Morgan fingerprint density at radius 1 is 1.21 bits per heavy atom. The Bertz CT molecular complexity index is 566. The molecule has 1 aromatic carbocycles. The zero-order valence-electron chi connectivity index (χ0n) is 10.1. The lowest BCUT2D eigenvalue weighted by molar-refractivity contribution is 0.0687. The van der Waals surface area contributed by atoms with E-state index in [4.69, 9.17) is 14.9 Å². The van der Waals surface area contributed by atoms with Crippen LogP contribution in [0.3, 0.4) is 0 Å². The number of carbonyl (C=O) groups is 1. The van der Waals surface area contributed by atoms with Crippen molar-refractivity contribution in [3.63, 3.8) is 0 Å². The monoisotopic (exact) mass is 259 g/mol. The summed E-state index contributed by atoms with van der Waals surface area (Å²) in [7, 11) is 0. The van der Waals surface area contributed by atoms with Crippen LogP contribution < -0.4 is 4.74 Å². The van der Waals surface area contributed by atoms with Gasteiger partial charge in [-0.25, -0.2) is 9.78 Å². The van der Waals surface area contributed by atoms with Crippen LogP contribution in [-0.4, -0.2) is 27.8 Å². The van der Waals surface area contributed by atoms with Crippen molar-refractivity contribution in [3.8, 4) is 11.5 Å². The van der Waals surface area contributed by atoms with Gasteiger partial charge in [0.2, 0.25) is 0 Å². The maximum absolute atomic E-state index is 11.0. The summed E-state index contributed by atoms with van der Waals surface area (Å²) in [6, 6.07) is 10.3. The van der Waals surface area contributed by atoms with Crippen molar-refractivity contribution < 1.29 is 19.7 Å². The maximum Gasteiger partial charge on any atom is 0.358 e. The summed E-state index contributed by atoms with van der Waals surface area (Å²) in [5.74, 6) is -0.408. The molecule has 0 radical (unpaired) electrons. The van der Waals surface area contributed by atoms with Crippen molar-refractivity contribution >= 4 is 5.97 Å². The van der Waals surface area contributed by atoms with E-state index in [2.05, 4.69) is 4.98 Å². The maximum atomic E-state index is 11.0. The van der Waals surface area contributed by atoms with E-state index in [0.29, 0.717) is 12.2 Å². The summed E-state index contributed by atoms with van der Waals surface area (Å²) in [4.78, 5) is 14.7. The minimum atomic E-state index is -1.13. The predicted molar refractivity (Wildman–Crippen MR) is 68.5 cm³/mol. The second-order valence-electron chi connectivity index (χ2n) is 3.87. The van der Waals surface area contributed by atoms with Gasteiger partial charge in [0.05, 0.1) is 0 Å². The van der Waals surface area contributed by atoms with Crippen LogP contribution in [0.4, 0.5) is 0 Å². The molecule has 98 valence electrons. The van der Waals surface area contributed by atoms with E-state index >= 15 is 0 Å². The Labute approximate surface area is 110 Å². The van der Waals surface area contributed by atoms with Crippen molar-refractivity contribution in [3.05, 3.63) is 53.9 Å². The van der Waals surface area contributed by atoms with Gasteiger partial charge in [-0.2, -0.15) is 0 Å². The highest BCUT2D eigenvalue weighted by molar-refractivity contribution is 5.88. The third kappa shape index (κ3) is 3.29. The fourth-order valence-corrected chi connectivity index (χ4v) is 1.61. The number of aliphatic hydroxyl groups is 1. The highest BCUT2D eigenvalue weighted by atomic mass is 16.5. The number of benzene rings is 1. The molecule has 0 saturated carbocycles. The van der Waals surface area contributed by atoms with Gasteiger partial charge < -0.3 is 14.9 Å². The lowest BCUT2D eigenvalue weighted by atomic mass is 10.1. The first-order chi connectivity index (χ1) is 9.20. The minimum Gasteiger partial charge on any atom is -0.476 e. The van der Waals surface area contributed by atoms with Gasteiger partial charge in [0.1, 0.15) is 5.75 Å². The number of ether oxygens (including phenoxy) is 1. The number of aromatic carboxylic acids is 1. The highest BCUT2D eigenvalue weighted by Gasteiger charge is 2.12. The standard InChI is InChI=1S/C14H13NO4/c16-9-7-10-3-5-11(6-4-10)19-12-2-1-8-15-13(12)14(17)18/h1-6,8,16H,7,9H2,(H,17,18). The normalized spacial score (nSPS) is 10.2.